The first kappa shape index (κ1) is 20.1. The molecule has 1 heteroatoms. The first-order chi connectivity index (χ1) is 16.1. The van der Waals surface area contributed by atoms with E-state index in [9.17, 15) is 0 Å². The summed E-state index contributed by atoms with van der Waals surface area (Å²) in [4.78, 5) is 2.43. The van der Waals surface area contributed by atoms with Gasteiger partial charge in [-0.2, -0.15) is 0 Å². The first-order valence-corrected chi connectivity index (χ1v) is 12.0. The van der Waals surface area contributed by atoms with Crippen molar-refractivity contribution >= 4 is 16.9 Å². The van der Waals surface area contributed by atoms with Crippen molar-refractivity contribution in [2.24, 2.45) is 5.92 Å². The maximum absolute atomic E-state index is 2.43. The second-order valence-corrected chi connectivity index (χ2v) is 9.69. The summed E-state index contributed by atoms with van der Waals surface area (Å²) in [7, 11) is 0. The van der Waals surface area contributed by atoms with Gasteiger partial charge in [-0.15, -0.1) is 0 Å². The number of aryl methyl sites for hydroxylation is 1. The van der Waals surface area contributed by atoms with E-state index < -0.39 is 0 Å². The summed E-state index contributed by atoms with van der Waals surface area (Å²) in [5.74, 6) is 1.32. The Balaban J connectivity index is 1.52. The normalized spacial score (nSPS) is 20.1. The lowest BCUT2D eigenvalue weighted by molar-refractivity contribution is 0.709. The lowest BCUT2D eigenvalue weighted by Crippen LogP contribution is -2.24. The van der Waals surface area contributed by atoms with Crippen molar-refractivity contribution in [3.05, 3.63) is 137 Å². The number of benzene rings is 3. The molecule has 1 nitrogen and oxygen atoms in total. The Bertz CT molecular complexity index is 1330. The Labute approximate surface area is 197 Å². The van der Waals surface area contributed by atoms with Crippen LogP contribution in [-0.2, 0) is 0 Å². The summed E-state index contributed by atoms with van der Waals surface area (Å²) in [5, 5.41) is 0. The number of allylic oxidation sites excluding steroid dienone is 7. The Morgan fingerprint density at radius 1 is 0.788 bits per heavy atom. The predicted molar refractivity (Wildman–Crippen MR) is 140 cm³/mol. The standard InChI is InChI=1S/C32H29N/c1-21(2)23-13-17-25(18-14-23)33(24-15-11-22(3)12-16-24)31-20-19-29-27-8-5-4-7-26(27)28-9-6-10-30(31)32(28)29/h4-21,29,32H,1-3H3. The summed E-state index contributed by atoms with van der Waals surface area (Å²) in [5.41, 5.74) is 12.0. The first-order valence-electron chi connectivity index (χ1n) is 12.0. The van der Waals surface area contributed by atoms with Crippen molar-refractivity contribution in [2.45, 2.75) is 32.6 Å². The lowest BCUT2D eigenvalue weighted by Gasteiger charge is -2.35. The number of rotatable bonds is 4. The fourth-order valence-electron chi connectivity index (χ4n) is 5.59. The maximum atomic E-state index is 2.43. The van der Waals surface area contributed by atoms with Crippen LogP contribution in [0.25, 0.3) is 5.57 Å². The van der Waals surface area contributed by atoms with Gasteiger partial charge in [-0.25, -0.2) is 0 Å². The van der Waals surface area contributed by atoms with Crippen LogP contribution in [0.5, 0.6) is 0 Å². The van der Waals surface area contributed by atoms with Crippen molar-refractivity contribution in [1.82, 2.24) is 0 Å². The van der Waals surface area contributed by atoms with Gasteiger partial charge in [0, 0.05) is 28.9 Å². The van der Waals surface area contributed by atoms with Crippen LogP contribution < -0.4 is 4.90 Å². The largest absolute Gasteiger partial charge is 0.310 e. The van der Waals surface area contributed by atoms with Crippen LogP contribution in [0.1, 0.15) is 47.9 Å². The van der Waals surface area contributed by atoms with Gasteiger partial charge in [0.05, 0.1) is 0 Å². The zero-order valence-corrected chi connectivity index (χ0v) is 19.5. The van der Waals surface area contributed by atoms with E-state index in [0.717, 1.165) is 0 Å². The smallest absolute Gasteiger partial charge is 0.0497 e. The molecule has 0 saturated heterocycles. The molecule has 0 fully saturated rings. The summed E-state index contributed by atoms with van der Waals surface area (Å²) in [6.45, 7) is 6.65. The molecule has 0 amide bonds. The molecule has 0 aromatic heterocycles. The molecule has 6 rings (SSSR count). The molecule has 0 bridgehead atoms. The van der Waals surface area contributed by atoms with Gasteiger partial charge >= 0.3 is 0 Å². The fourth-order valence-corrected chi connectivity index (χ4v) is 5.59. The van der Waals surface area contributed by atoms with Gasteiger partial charge in [-0.3, -0.25) is 0 Å². The SMILES string of the molecule is Cc1ccc(N(C2=C3C=CC=C4c5ccccc5C(C=C2)C43)c2ccc(C(C)C)cc2)cc1. The average molecular weight is 428 g/mol. The number of hydrogen-bond donors (Lipinski definition) is 0. The molecule has 0 spiro atoms. The number of anilines is 2. The number of hydrogen-bond acceptors (Lipinski definition) is 1. The van der Waals surface area contributed by atoms with Crippen molar-refractivity contribution in [1.29, 1.82) is 0 Å². The van der Waals surface area contributed by atoms with E-state index in [-0.39, 0.29) is 0 Å². The molecular formula is C32H29N. The Morgan fingerprint density at radius 2 is 1.48 bits per heavy atom. The molecule has 0 heterocycles. The molecule has 3 aliphatic carbocycles. The van der Waals surface area contributed by atoms with E-state index in [1.54, 1.807) is 0 Å². The molecule has 0 radical (unpaired) electrons. The van der Waals surface area contributed by atoms with Gasteiger partial charge in [0.15, 0.2) is 0 Å². The second kappa shape index (κ2) is 7.78. The van der Waals surface area contributed by atoms with Crippen molar-refractivity contribution in [2.75, 3.05) is 4.90 Å². The number of fused-ring (bicyclic) bond motifs is 3. The van der Waals surface area contributed by atoms with Crippen molar-refractivity contribution < 1.29 is 0 Å². The molecule has 33 heavy (non-hydrogen) atoms. The van der Waals surface area contributed by atoms with Crippen molar-refractivity contribution in [3.8, 4) is 0 Å². The minimum atomic E-state index is 0.385. The fraction of sp³-hybridized carbons (Fsp3) is 0.188. The summed E-state index contributed by atoms with van der Waals surface area (Å²) >= 11 is 0. The Morgan fingerprint density at radius 3 is 2.21 bits per heavy atom. The molecule has 0 N–H and O–H groups in total. The van der Waals surface area contributed by atoms with Crippen LogP contribution in [-0.4, -0.2) is 0 Å². The van der Waals surface area contributed by atoms with Gasteiger partial charge in [0.2, 0.25) is 0 Å². The van der Waals surface area contributed by atoms with E-state index in [1.807, 2.05) is 0 Å². The average Bonchev–Trinajstić information content (AvgIpc) is 3.17. The molecular weight excluding hydrogens is 398 g/mol. The summed E-state index contributed by atoms with van der Waals surface area (Å²) in [6.07, 6.45) is 11.6. The van der Waals surface area contributed by atoms with Gasteiger partial charge in [-0.1, -0.05) is 92.2 Å². The third-order valence-electron chi connectivity index (χ3n) is 7.32. The highest BCUT2D eigenvalue weighted by Crippen LogP contribution is 2.55. The molecule has 0 aliphatic heterocycles. The molecule has 3 aliphatic rings. The highest BCUT2D eigenvalue weighted by molar-refractivity contribution is 5.85. The van der Waals surface area contributed by atoms with Crippen LogP contribution >= 0.6 is 0 Å². The van der Waals surface area contributed by atoms with Crippen LogP contribution in [0.15, 0.2) is 114 Å². The zero-order valence-electron chi connectivity index (χ0n) is 19.5. The highest BCUT2D eigenvalue weighted by Gasteiger charge is 2.41. The number of nitrogens with zero attached hydrogens (tertiary/aromatic N) is 1. The third kappa shape index (κ3) is 3.23. The Hall–Kier alpha value is -3.58. The van der Waals surface area contributed by atoms with Crippen molar-refractivity contribution in [3.63, 3.8) is 0 Å². The topological polar surface area (TPSA) is 3.24 Å². The van der Waals surface area contributed by atoms with Gasteiger partial charge in [0.25, 0.3) is 0 Å². The van der Waals surface area contributed by atoms with Gasteiger partial charge in [0.1, 0.15) is 0 Å². The molecule has 2 unspecified atom stereocenters. The quantitative estimate of drug-likeness (QED) is 0.404. The minimum absolute atomic E-state index is 0.385. The van der Waals surface area contributed by atoms with E-state index in [1.165, 1.54) is 50.5 Å². The second-order valence-electron chi connectivity index (χ2n) is 9.69. The van der Waals surface area contributed by atoms with E-state index in [0.29, 0.717) is 17.8 Å². The molecule has 3 aromatic rings. The van der Waals surface area contributed by atoms with Crippen LogP contribution in [0.2, 0.25) is 0 Å². The summed E-state index contributed by atoms with van der Waals surface area (Å²) < 4.78 is 0. The molecule has 3 aromatic carbocycles. The van der Waals surface area contributed by atoms with E-state index in [4.69, 9.17) is 0 Å². The molecule has 2 atom stereocenters. The minimum Gasteiger partial charge on any atom is -0.310 e. The molecule has 162 valence electrons. The summed E-state index contributed by atoms with van der Waals surface area (Å²) in [6, 6.07) is 26.9. The van der Waals surface area contributed by atoms with Gasteiger partial charge in [-0.05, 0) is 71.0 Å². The van der Waals surface area contributed by atoms with Crippen LogP contribution in [0.4, 0.5) is 11.4 Å². The monoisotopic (exact) mass is 427 g/mol. The zero-order chi connectivity index (χ0) is 22.5. The highest BCUT2D eigenvalue weighted by atomic mass is 15.1. The van der Waals surface area contributed by atoms with Crippen LogP contribution in [0.3, 0.4) is 0 Å². The van der Waals surface area contributed by atoms with Gasteiger partial charge < -0.3 is 4.90 Å². The van der Waals surface area contributed by atoms with Crippen LogP contribution in [0, 0.1) is 12.8 Å². The maximum Gasteiger partial charge on any atom is 0.0497 e. The van der Waals surface area contributed by atoms with E-state index in [2.05, 4.69) is 129 Å². The lowest BCUT2D eigenvalue weighted by atomic mass is 9.77. The Kier molecular flexibility index (Phi) is 4.73. The third-order valence-corrected chi connectivity index (χ3v) is 7.32. The molecule has 0 saturated carbocycles. The predicted octanol–water partition coefficient (Wildman–Crippen LogP) is 8.45. The van der Waals surface area contributed by atoms with E-state index >= 15 is 0 Å².